The predicted octanol–water partition coefficient (Wildman–Crippen LogP) is 8.66. The Kier molecular flexibility index (Phi) is 8.15. The SMILES string of the molecule is CC/C(C)=C1\C=NC(Nc2nc(N)c3cccc(-c4c(C)cc(C(C)/C=C(\C)CC)cc4C)c3n2)=CC1C. The molecule has 2 unspecified atom stereocenters. The quantitative estimate of drug-likeness (QED) is 0.314. The number of anilines is 2. The number of para-hydroxylation sites is 1. The number of nitrogens with zero attached hydrogens (tertiary/aromatic N) is 3. The van der Waals surface area contributed by atoms with Gasteiger partial charge in [0.1, 0.15) is 11.6 Å². The molecule has 0 saturated heterocycles. The average Bonchev–Trinajstić information content (AvgIpc) is 2.88. The third-order valence-corrected chi connectivity index (χ3v) is 7.70. The maximum absolute atomic E-state index is 6.45. The van der Waals surface area contributed by atoms with Crippen LogP contribution in [0.2, 0.25) is 0 Å². The monoisotopic (exact) mass is 507 g/mol. The topological polar surface area (TPSA) is 76.2 Å². The van der Waals surface area contributed by atoms with E-state index in [1.165, 1.54) is 39.0 Å². The van der Waals surface area contributed by atoms with E-state index < -0.39 is 0 Å². The molecule has 1 aromatic heterocycles. The summed E-state index contributed by atoms with van der Waals surface area (Å²) in [6, 6.07) is 10.8. The number of nitrogen functional groups attached to an aromatic ring is 1. The van der Waals surface area contributed by atoms with Gasteiger partial charge in [-0.3, -0.25) is 0 Å². The molecular formula is C33H41N5. The minimum Gasteiger partial charge on any atom is -0.383 e. The standard InChI is InChI=1S/C33H41N5/c1-9-19(3)14-21(5)25-15-23(7)30(24(8)16-25)26-12-11-13-27-31(26)37-33(38-32(27)34)36-29-17-22(6)28(18-35-29)20(4)10-2/h11-18,21-22H,9-10H2,1-8H3,(H3,34,36,37,38)/b19-14+,28-20+. The Morgan fingerprint density at radius 3 is 2.42 bits per heavy atom. The molecule has 2 aromatic carbocycles. The molecule has 0 aliphatic carbocycles. The van der Waals surface area contributed by atoms with Gasteiger partial charge in [-0.1, -0.05) is 69.2 Å². The number of fused-ring (bicyclic) bond motifs is 1. The number of aliphatic imine (C=N–C) groups is 1. The largest absolute Gasteiger partial charge is 0.383 e. The molecule has 198 valence electrons. The Morgan fingerprint density at radius 2 is 1.79 bits per heavy atom. The molecule has 2 heterocycles. The van der Waals surface area contributed by atoms with E-state index in [9.17, 15) is 0 Å². The summed E-state index contributed by atoms with van der Waals surface area (Å²) in [5.74, 6) is 2.29. The summed E-state index contributed by atoms with van der Waals surface area (Å²) in [5.41, 5.74) is 17.4. The lowest BCUT2D eigenvalue weighted by Gasteiger charge is -2.19. The van der Waals surface area contributed by atoms with Crippen LogP contribution in [0.4, 0.5) is 11.8 Å². The molecule has 5 nitrogen and oxygen atoms in total. The molecule has 2 atom stereocenters. The van der Waals surface area contributed by atoms with E-state index in [1.54, 1.807) is 0 Å². The zero-order chi connectivity index (χ0) is 27.6. The van der Waals surface area contributed by atoms with Crippen LogP contribution in [0.3, 0.4) is 0 Å². The van der Waals surface area contributed by atoms with Gasteiger partial charge in [-0.2, -0.15) is 4.98 Å². The van der Waals surface area contributed by atoms with Crippen molar-refractivity contribution in [2.24, 2.45) is 10.9 Å². The fourth-order valence-electron chi connectivity index (χ4n) is 5.28. The van der Waals surface area contributed by atoms with Crippen LogP contribution in [0.15, 0.2) is 70.0 Å². The van der Waals surface area contributed by atoms with Crippen molar-refractivity contribution in [1.82, 2.24) is 9.97 Å². The minimum absolute atomic E-state index is 0.269. The van der Waals surface area contributed by atoms with Gasteiger partial charge in [-0.05, 0) is 86.4 Å². The van der Waals surface area contributed by atoms with Crippen molar-refractivity contribution >= 4 is 28.9 Å². The summed E-state index contributed by atoms with van der Waals surface area (Å²) in [6.45, 7) is 17.6. The Bertz CT molecular complexity index is 1470. The lowest BCUT2D eigenvalue weighted by Crippen LogP contribution is -2.12. The molecule has 38 heavy (non-hydrogen) atoms. The second-order valence-electron chi connectivity index (χ2n) is 10.6. The van der Waals surface area contributed by atoms with Gasteiger partial charge in [0.15, 0.2) is 0 Å². The summed E-state index contributed by atoms with van der Waals surface area (Å²) < 4.78 is 0. The van der Waals surface area contributed by atoms with E-state index in [4.69, 9.17) is 10.7 Å². The van der Waals surface area contributed by atoms with Crippen LogP contribution in [0, 0.1) is 19.8 Å². The number of hydrogen-bond acceptors (Lipinski definition) is 5. The highest BCUT2D eigenvalue weighted by Gasteiger charge is 2.18. The zero-order valence-corrected chi connectivity index (χ0v) is 24.1. The van der Waals surface area contributed by atoms with Gasteiger partial charge in [0.2, 0.25) is 5.95 Å². The van der Waals surface area contributed by atoms with Crippen LogP contribution in [0.5, 0.6) is 0 Å². The zero-order valence-electron chi connectivity index (χ0n) is 24.1. The van der Waals surface area contributed by atoms with Gasteiger partial charge in [0.05, 0.1) is 5.52 Å². The second kappa shape index (κ2) is 11.3. The number of nitrogens with two attached hydrogens (primary N) is 1. The number of allylic oxidation sites excluding steroid dienone is 5. The maximum atomic E-state index is 6.45. The lowest BCUT2D eigenvalue weighted by molar-refractivity contribution is 0.851. The van der Waals surface area contributed by atoms with Crippen LogP contribution in [0.25, 0.3) is 22.0 Å². The molecule has 1 aliphatic heterocycles. The number of rotatable bonds is 7. The van der Waals surface area contributed by atoms with Crippen molar-refractivity contribution in [3.63, 3.8) is 0 Å². The van der Waals surface area contributed by atoms with E-state index >= 15 is 0 Å². The first-order chi connectivity index (χ1) is 18.1. The van der Waals surface area contributed by atoms with Crippen LogP contribution >= 0.6 is 0 Å². The van der Waals surface area contributed by atoms with E-state index in [1.807, 2.05) is 18.3 Å². The minimum atomic E-state index is 0.269. The van der Waals surface area contributed by atoms with Gasteiger partial charge in [-0.15, -0.1) is 0 Å². The summed E-state index contributed by atoms with van der Waals surface area (Å²) in [4.78, 5) is 14.2. The number of benzene rings is 2. The molecule has 0 fully saturated rings. The highest BCUT2D eigenvalue weighted by Crippen LogP contribution is 2.36. The molecule has 1 aliphatic rings. The van der Waals surface area contributed by atoms with Crippen molar-refractivity contribution in [2.75, 3.05) is 11.1 Å². The normalized spacial score (nSPS) is 17.9. The second-order valence-corrected chi connectivity index (χ2v) is 10.6. The van der Waals surface area contributed by atoms with Gasteiger partial charge in [0, 0.05) is 23.1 Å². The summed E-state index contributed by atoms with van der Waals surface area (Å²) >= 11 is 0. The highest BCUT2D eigenvalue weighted by molar-refractivity contribution is 6.00. The smallest absolute Gasteiger partial charge is 0.230 e. The molecular weight excluding hydrogens is 466 g/mol. The molecule has 0 amide bonds. The summed E-state index contributed by atoms with van der Waals surface area (Å²) in [7, 11) is 0. The Morgan fingerprint density at radius 1 is 1.08 bits per heavy atom. The molecule has 0 bridgehead atoms. The third kappa shape index (κ3) is 5.57. The number of nitrogens with one attached hydrogen (secondary N) is 1. The van der Waals surface area contributed by atoms with Crippen LogP contribution in [0.1, 0.15) is 77.0 Å². The van der Waals surface area contributed by atoms with Crippen LogP contribution in [-0.2, 0) is 0 Å². The first-order valence-corrected chi connectivity index (χ1v) is 13.7. The molecule has 0 radical (unpaired) electrons. The fourth-order valence-corrected chi connectivity index (χ4v) is 5.28. The van der Waals surface area contributed by atoms with Crippen molar-refractivity contribution in [3.05, 3.63) is 81.7 Å². The van der Waals surface area contributed by atoms with Crippen LogP contribution in [-0.4, -0.2) is 16.2 Å². The van der Waals surface area contributed by atoms with E-state index in [0.29, 0.717) is 17.7 Å². The molecule has 4 rings (SSSR count). The highest BCUT2D eigenvalue weighted by atomic mass is 15.2. The summed E-state index contributed by atoms with van der Waals surface area (Å²) in [6.07, 6.45) is 8.53. The first kappa shape index (κ1) is 27.3. The van der Waals surface area contributed by atoms with Gasteiger partial charge in [0.25, 0.3) is 0 Å². The number of aryl methyl sites for hydroxylation is 2. The molecule has 3 aromatic rings. The number of aromatic nitrogens is 2. The predicted molar refractivity (Wildman–Crippen MR) is 164 cm³/mol. The first-order valence-electron chi connectivity index (χ1n) is 13.7. The van der Waals surface area contributed by atoms with Gasteiger partial charge in [-0.25, -0.2) is 9.98 Å². The summed E-state index contributed by atoms with van der Waals surface area (Å²) in [5, 5.41) is 4.16. The third-order valence-electron chi connectivity index (χ3n) is 7.70. The van der Waals surface area contributed by atoms with E-state index in [2.05, 4.69) is 101 Å². The van der Waals surface area contributed by atoms with Crippen molar-refractivity contribution in [2.45, 2.75) is 74.1 Å². The van der Waals surface area contributed by atoms with Crippen molar-refractivity contribution in [1.29, 1.82) is 0 Å². The molecule has 5 heteroatoms. The van der Waals surface area contributed by atoms with E-state index in [-0.39, 0.29) is 5.92 Å². The van der Waals surface area contributed by atoms with Crippen molar-refractivity contribution in [3.8, 4) is 11.1 Å². The molecule has 0 saturated carbocycles. The molecule has 0 spiro atoms. The van der Waals surface area contributed by atoms with Crippen molar-refractivity contribution < 1.29 is 0 Å². The average molecular weight is 508 g/mol. The number of hydrogen-bond donors (Lipinski definition) is 2. The maximum Gasteiger partial charge on any atom is 0.230 e. The van der Waals surface area contributed by atoms with E-state index in [0.717, 1.165) is 35.1 Å². The lowest BCUT2D eigenvalue weighted by atomic mass is 9.88. The van der Waals surface area contributed by atoms with Gasteiger partial charge >= 0.3 is 0 Å². The Balaban J connectivity index is 1.75. The van der Waals surface area contributed by atoms with Crippen LogP contribution < -0.4 is 11.1 Å². The molecule has 3 N–H and O–H groups in total. The van der Waals surface area contributed by atoms with Gasteiger partial charge < -0.3 is 11.1 Å². The Hall–Kier alpha value is -3.73. The Labute approximate surface area is 227 Å². The fraction of sp³-hybridized carbons (Fsp3) is 0.364.